The minimum absolute atomic E-state index is 0.287. The molecule has 0 aliphatic heterocycles. The number of ether oxygens (including phenoxy) is 2. The van der Waals surface area contributed by atoms with Gasteiger partial charge in [-0.05, 0) is 62.4 Å². The van der Waals surface area contributed by atoms with Crippen molar-refractivity contribution in [3.05, 3.63) is 48.5 Å². The lowest BCUT2D eigenvalue weighted by atomic mass is 10.3. The number of hydrogen-bond donors (Lipinski definition) is 0. The molecule has 0 atom stereocenters. The van der Waals surface area contributed by atoms with Gasteiger partial charge in [-0.2, -0.15) is 16.8 Å². The zero-order chi connectivity index (χ0) is 18.5. The third kappa shape index (κ3) is 4.94. The van der Waals surface area contributed by atoms with Crippen LogP contribution in [0.3, 0.4) is 0 Å². The van der Waals surface area contributed by atoms with Gasteiger partial charge in [-0.3, -0.25) is 0 Å². The monoisotopic (exact) mass is 386 g/mol. The Balaban J connectivity index is 2.22. The summed E-state index contributed by atoms with van der Waals surface area (Å²) >= 11 is 0. The van der Waals surface area contributed by atoms with E-state index in [1.807, 2.05) is 0 Å². The van der Waals surface area contributed by atoms with Gasteiger partial charge < -0.3 is 9.47 Å². The van der Waals surface area contributed by atoms with Crippen LogP contribution in [-0.4, -0.2) is 30.0 Å². The Morgan fingerprint density at radius 1 is 0.640 bits per heavy atom. The third-order valence-electron chi connectivity index (χ3n) is 3.03. The van der Waals surface area contributed by atoms with Crippen molar-refractivity contribution in [3.8, 4) is 11.5 Å². The molecule has 0 aromatic heterocycles. The van der Waals surface area contributed by atoms with Gasteiger partial charge in [0.15, 0.2) is 0 Å². The van der Waals surface area contributed by atoms with E-state index in [-0.39, 0.29) is 9.79 Å². The van der Waals surface area contributed by atoms with Crippen LogP contribution in [0.15, 0.2) is 58.3 Å². The van der Waals surface area contributed by atoms with Gasteiger partial charge >= 0.3 is 20.2 Å². The molecular weight excluding hydrogens is 368 g/mol. The van der Waals surface area contributed by atoms with Gasteiger partial charge in [0.1, 0.15) is 11.5 Å². The van der Waals surface area contributed by atoms with E-state index in [0.29, 0.717) is 24.7 Å². The molecule has 0 aliphatic rings. The highest BCUT2D eigenvalue weighted by atomic mass is 32.3. The smallest absolute Gasteiger partial charge is 0.311 e. The second-order valence-corrected chi connectivity index (χ2v) is 8.09. The molecule has 0 amide bonds. The summed E-state index contributed by atoms with van der Waals surface area (Å²) in [7, 11) is -8.99. The van der Waals surface area contributed by atoms with Crippen molar-refractivity contribution in [2.75, 3.05) is 13.2 Å². The second-order valence-electron chi connectivity index (χ2n) is 4.79. The van der Waals surface area contributed by atoms with Crippen LogP contribution in [0.1, 0.15) is 13.8 Å². The van der Waals surface area contributed by atoms with E-state index < -0.39 is 20.2 Å². The van der Waals surface area contributed by atoms with Crippen LogP contribution in [0.25, 0.3) is 0 Å². The van der Waals surface area contributed by atoms with Crippen LogP contribution < -0.4 is 9.47 Å². The van der Waals surface area contributed by atoms with Crippen LogP contribution in [0.4, 0.5) is 0 Å². The molecule has 7 nitrogen and oxygen atoms in total. The summed E-state index contributed by atoms with van der Waals surface area (Å²) < 4.78 is 63.6. The molecule has 9 heteroatoms. The molecule has 0 unspecified atom stereocenters. The Kier molecular flexibility index (Phi) is 6.04. The number of hydrogen-bond acceptors (Lipinski definition) is 7. The molecule has 0 aliphatic carbocycles. The first-order valence-electron chi connectivity index (χ1n) is 7.45. The average Bonchev–Trinajstić information content (AvgIpc) is 2.55. The second kappa shape index (κ2) is 7.85. The SMILES string of the molecule is CCOc1ccc(S(=O)(=O)OS(=O)(=O)c2ccc(OCC)cc2)cc1. The lowest BCUT2D eigenvalue weighted by Gasteiger charge is -2.08. The maximum Gasteiger partial charge on any atom is 0.311 e. The summed E-state index contributed by atoms with van der Waals surface area (Å²) in [5.41, 5.74) is 0. The van der Waals surface area contributed by atoms with Crippen molar-refractivity contribution in [3.63, 3.8) is 0 Å². The van der Waals surface area contributed by atoms with Crippen molar-refractivity contribution >= 4 is 20.2 Å². The van der Waals surface area contributed by atoms with Crippen molar-refractivity contribution in [2.24, 2.45) is 0 Å². The molecule has 25 heavy (non-hydrogen) atoms. The van der Waals surface area contributed by atoms with Crippen LogP contribution >= 0.6 is 0 Å². The van der Waals surface area contributed by atoms with E-state index in [1.165, 1.54) is 48.5 Å². The Labute approximate surface area is 147 Å². The van der Waals surface area contributed by atoms with Crippen LogP contribution in [-0.2, 0) is 23.9 Å². The normalized spacial score (nSPS) is 11.9. The molecule has 0 bridgehead atoms. The third-order valence-corrected chi connectivity index (χ3v) is 6.16. The highest BCUT2D eigenvalue weighted by molar-refractivity contribution is 7.99. The molecule has 0 spiro atoms. The van der Waals surface area contributed by atoms with Gasteiger partial charge in [0.2, 0.25) is 0 Å². The molecule has 0 saturated carbocycles. The van der Waals surface area contributed by atoms with Crippen molar-refractivity contribution in [2.45, 2.75) is 23.6 Å². The first kappa shape index (κ1) is 19.2. The number of benzene rings is 2. The zero-order valence-electron chi connectivity index (χ0n) is 13.7. The van der Waals surface area contributed by atoms with E-state index in [9.17, 15) is 16.8 Å². The molecule has 0 heterocycles. The van der Waals surface area contributed by atoms with Gasteiger partial charge in [-0.15, -0.1) is 3.63 Å². The van der Waals surface area contributed by atoms with Crippen LogP contribution in [0.5, 0.6) is 11.5 Å². The first-order valence-corrected chi connectivity index (χ1v) is 10.3. The van der Waals surface area contributed by atoms with Crippen LogP contribution in [0, 0.1) is 0 Å². The molecular formula is C16H18O7S2. The largest absolute Gasteiger partial charge is 0.494 e. The van der Waals surface area contributed by atoms with Gasteiger partial charge in [-0.1, -0.05) is 0 Å². The zero-order valence-corrected chi connectivity index (χ0v) is 15.3. The lowest BCUT2D eigenvalue weighted by molar-refractivity contribution is 0.340. The lowest BCUT2D eigenvalue weighted by Crippen LogP contribution is -2.14. The molecule has 2 aromatic carbocycles. The topological polar surface area (TPSA) is 96.0 Å². The van der Waals surface area contributed by atoms with Gasteiger partial charge in [0, 0.05) is 0 Å². The Morgan fingerprint density at radius 2 is 0.960 bits per heavy atom. The van der Waals surface area contributed by atoms with Gasteiger partial charge in [0.25, 0.3) is 0 Å². The molecule has 0 saturated heterocycles. The minimum atomic E-state index is -4.49. The Bertz CT molecular complexity index is 822. The molecule has 2 aromatic rings. The fourth-order valence-corrected chi connectivity index (χ4v) is 4.45. The van der Waals surface area contributed by atoms with Gasteiger partial charge in [-0.25, -0.2) is 0 Å². The quantitative estimate of drug-likeness (QED) is 0.688. The van der Waals surface area contributed by atoms with E-state index in [2.05, 4.69) is 3.63 Å². The fraction of sp³-hybridized carbons (Fsp3) is 0.250. The van der Waals surface area contributed by atoms with E-state index in [1.54, 1.807) is 13.8 Å². The maximum atomic E-state index is 12.2. The summed E-state index contributed by atoms with van der Waals surface area (Å²) in [4.78, 5) is -0.573. The molecule has 2 rings (SSSR count). The highest BCUT2D eigenvalue weighted by Gasteiger charge is 2.26. The summed E-state index contributed by atoms with van der Waals surface area (Å²) in [5.74, 6) is 0.937. The van der Waals surface area contributed by atoms with E-state index in [0.717, 1.165) is 0 Å². The summed E-state index contributed by atoms with van der Waals surface area (Å²) in [5, 5.41) is 0. The van der Waals surface area contributed by atoms with Crippen molar-refractivity contribution in [1.29, 1.82) is 0 Å². The first-order chi connectivity index (χ1) is 11.8. The Hall–Kier alpha value is -2.10. The van der Waals surface area contributed by atoms with Gasteiger partial charge in [0.05, 0.1) is 23.0 Å². The van der Waals surface area contributed by atoms with E-state index in [4.69, 9.17) is 9.47 Å². The summed E-state index contributed by atoms with van der Waals surface area (Å²) in [6.07, 6.45) is 0. The molecule has 136 valence electrons. The van der Waals surface area contributed by atoms with E-state index >= 15 is 0 Å². The standard InChI is InChI=1S/C16H18O7S2/c1-3-21-13-5-9-15(10-6-13)24(17,18)23-25(19,20)16-11-7-14(8-12-16)22-4-2/h5-12H,3-4H2,1-2H3. The molecule has 0 N–H and O–H groups in total. The van der Waals surface area contributed by atoms with Crippen molar-refractivity contribution in [1.82, 2.24) is 0 Å². The summed E-state index contributed by atoms with van der Waals surface area (Å²) in [6.45, 7) is 4.43. The average molecular weight is 386 g/mol. The fourth-order valence-electron chi connectivity index (χ4n) is 1.93. The predicted octanol–water partition coefficient (Wildman–Crippen LogP) is 2.58. The van der Waals surface area contributed by atoms with Crippen molar-refractivity contribution < 1.29 is 29.9 Å². The molecule has 0 fully saturated rings. The minimum Gasteiger partial charge on any atom is -0.494 e. The Morgan fingerprint density at radius 3 is 1.24 bits per heavy atom. The summed E-state index contributed by atoms with van der Waals surface area (Å²) in [6, 6.07) is 10.5. The highest BCUT2D eigenvalue weighted by Crippen LogP contribution is 2.23. The maximum absolute atomic E-state index is 12.2. The molecule has 0 radical (unpaired) electrons. The predicted molar refractivity (Wildman–Crippen MR) is 90.7 cm³/mol. The number of rotatable bonds is 8. The van der Waals surface area contributed by atoms with Crippen LogP contribution in [0.2, 0.25) is 0 Å².